The number of hydrogen-bond acceptors (Lipinski definition) is 9. The number of sulfone groups is 1. The van der Waals surface area contributed by atoms with Crippen molar-refractivity contribution in [3.63, 3.8) is 0 Å². The van der Waals surface area contributed by atoms with Crippen LogP contribution < -0.4 is 18.9 Å². The zero-order chi connectivity index (χ0) is 22.4. The molecule has 1 unspecified atom stereocenters. The van der Waals surface area contributed by atoms with Crippen LogP contribution in [0.3, 0.4) is 0 Å². The van der Waals surface area contributed by atoms with E-state index in [0.29, 0.717) is 48.7 Å². The van der Waals surface area contributed by atoms with Crippen LogP contribution in [0.15, 0.2) is 12.1 Å². The molecule has 0 saturated carbocycles. The summed E-state index contributed by atoms with van der Waals surface area (Å²) in [5, 5.41) is 10.5. The Morgan fingerprint density at radius 3 is 2.10 bits per heavy atom. The van der Waals surface area contributed by atoms with E-state index < -0.39 is 15.9 Å². The fraction of sp³-hybridized carbons (Fsp3) is 0.714. The van der Waals surface area contributed by atoms with Crippen molar-refractivity contribution in [3.05, 3.63) is 12.1 Å². The molecule has 0 aliphatic carbocycles. The molecule has 10 heteroatoms. The molecule has 1 atom stereocenters. The summed E-state index contributed by atoms with van der Waals surface area (Å²) in [7, 11) is 1.79. The molecule has 0 amide bonds. The van der Waals surface area contributed by atoms with E-state index in [9.17, 15) is 13.5 Å². The highest BCUT2D eigenvalue weighted by atomic mass is 32.2. The predicted octanol–water partition coefficient (Wildman–Crippen LogP) is 0.647. The van der Waals surface area contributed by atoms with E-state index in [2.05, 4.69) is 9.80 Å². The lowest BCUT2D eigenvalue weighted by molar-refractivity contribution is 0.0453. The number of benzene rings is 1. The first-order valence-corrected chi connectivity index (χ1v) is 12.4. The fourth-order valence-electron chi connectivity index (χ4n) is 4.24. The third-order valence-electron chi connectivity index (χ3n) is 6.00. The van der Waals surface area contributed by atoms with Gasteiger partial charge < -0.3 is 29.0 Å². The van der Waals surface area contributed by atoms with Gasteiger partial charge in [0.2, 0.25) is 5.75 Å². The molecular weight excluding hydrogens is 424 g/mol. The largest absolute Gasteiger partial charge is 0.493 e. The zero-order valence-corrected chi connectivity index (χ0v) is 19.4. The number of aliphatic hydroxyl groups excluding tert-OH is 1. The minimum atomic E-state index is -2.85. The van der Waals surface area contributed by atoms with E-state index in [-0.39, 0.29) is 18.1 Å². The molecule has 2 aliphatic rings. The van der Waals surface area contributed by atoms with Crippen molar-refractivity contribution in [1.82, 2.24) is 9.80 Å². The first-order valence-electron chi connectivity index (χ1n) is 10.6. The molecule has 1 aromatic carbocycles. The number of ether oxygens (including phenoxy) is 4. The number of β-amino-alcohol motifs (C(OH)–C–C–N with tert-alkyl or cyclic N) is 1. The molecule has 0 aromatic heterocycles. The molecule has 0 spiro atoms. The van der Waals surface area contributed by atoms with Crippen LogP contribution in [-0.4, -0.2) is 108 Å². The Morgan fingerprint density at radius 2 is 1.58 bits per heavy atom. The number of methoxy groups -OCH3 is 3. The van der Waals surface area contributed by atoms with Gasteiger partial charge in [0, 0.05) is 37.8 Å². The van der Waals surface area contributed by atoms with Crippen LogP contribution in [0.1, 0.15) is 12.8 Å². The Hall–Kier alpha value is -1.75. The van der Waals surface area contributed by atoms with Crippen molar-refractivity contribution in [1.29, 1.82) is 0 Å². The summed E-state index contributed by atoms with van der Waals surface area (Å²) in [5.41, 5.74) is 0. The number of nitrogens with zero attached hydrogens (tertiary/aromatic N) is 2. The van der Waals surface area contributed by atoms with Gasteiger partial charge in [-0.2, -0.15) is 0 Å². The predicted molar refractivity (Wildman–Crippen MR) is 117 cm³/mol. The van der Waals surface area contributed by atoms with Gasteiger partial charge in [-0.25, -0.2) is 8.42 Å². The van der Waals surface area contributed by atoms with Crippen LogP contribution >= 0.6 is 0 Å². The Morgan fingerprint density at radius 1 is 1.00 bits per heavy atom. The molecule has 31 heavy (non-hydrogen) atoms. The van der Waals surface area contributed by atoms with Crippen LogP contribution in [0.5, 0.6) is 23.0 Å². The van der Waals surface area contributed by atoms with Gasteiger partial charge in [0.05, 0.1) is 32.8 Å². The number of rotatable bonds is 9. The molecular formula is C21H34N2O7S. The van der Waals surface area contributed by atoms with E-state index in [0.717, 1.165) is 25.9 Å². The Kier molecular flexibility index (Phi) is 8.26. The molecule has 3 rings (SSSR count). The average Bonchev–Trinajstić information content (AvgIpc) is 2.77. The van der Waals surface area contributed by atoms with Crippen molar-refractivity contribution in [2.45, 2.75) is 25.0 Å². The maximum Gasteiger partial charge on any atom is 0.203 e. The summed E-state index contributed by atoms with van der Waals surface area (Å²) in [6.45, 7) is 3.73. The summed E-state index contributed by atoms with van der Waals surface area (Å²) in [6.07, 6.45) is 1.34. The van der Waals surface area contributed by atoms with Crippen molar-refractivity contribution in [2.75, 3.05) is 72.2 Å². The highest BCUT2D eigenvalue weighted by Gasteiger charge is 2.30. The topological polar surface area (TPSA) is 97.8 Å². The van der Waals surface area contributed by atoms with Crippen LogP contribution in [0.4, 0.5) is 0 Å². The number of hydrogen-bond donors (Lipinski definition) is 1. The Bertz CT molecular complexity index is 786. The van der Waals surface area contributed by atoms with Gasteiger partial charge in [0.25, 0.3) is 0 Å². The molecule has 2 heterocycles. The van der Waals surface area contributed by atoms with E-state index in [1.165, 1.54) is 0 Å². The Labute approximate surface area is 184 Å². The lowest BCUT2D eigenvalue weighted by atomic mass is 10.0. The summed E-state index contributed by atoms with van der Waals surface area (Å²) < 4.78 is 45.0. The monoisotopic (exact) mass is 458 g/mol. The molecule has 176 valence electrons. The van der Waals surface area contributed by atoms with Gasteiger partial charge in [-0.3, -0.25) is 4.90 Å². The molecule has 1 aromatic rings. The molecule has 0 radical (unpaired) electrons. The quantitative estimate of drug-likeness (QED) is 0.572. The standard InChI is InChI=1S/C21H34N2O7S/c1-27-19-12-18(13-20(28-2)21(19)29-3)30-15-17(24)14-22-6-4-16(5-7-22)23-8-10-31(25,26)11-9-23/h12-13,16-17,24H,4-11,14-15H2,1-3H3. The normalized spacial score (nSPS) is 21.4. The van der Waals surface area contributed by atoms with Crippen molar-refractivity contribution in [2.24, 2.45) is 0 Å². The number of aliphatic hydroxyl groups is 1. The first-order chi connectivity index (χ1) is 14.8. The molecule has 9 nitrogen and oxygen atoms in total. The van der Waals surface area contributed by atoms with E-state index >= 15 is 0 Å². The summed E-state index contributed by atoms with van der Waals surface area (Å²) in [4.78, 5) is 4.54. The summed E-state index contributed by atoms with van der Waals surface area (Å²) in [6, 6.07) is 3.84. The lowest BCUT2D eigenvalue weighted by Crippen LogP contribution is -2.51. The van der Waals surface area contributed by atoms with E-state index in [1.54, 1.807) is 33.5 Å². The van der Waals surface area contributed by atoms with Crippen LogP contribution in [0.2, 0.25) is 0 Å². The third-order valence-corrected chi connectivity index (χ3v) is 7.61. The fourth-order valence-corrected chi connectivity index (χ4v) is 5.47. The number of likely N-dealkylation sites (tertiary alicyclic amines) is 1. The molecule has 2 aliphatic heterocycles. The second kappa shape index (κ2) is 10.7. The van der Waals surface area contributed by atoms with Gasteiger partial charge in [0.1, 0.15) is 18.5 Å². The van der Waals surface area contributed by atoms with Gasteiger partial charge in [0.15, 0.2) is 21.3 Å². The minimum Gasteiger partial charge on any atom is -0.493 e. The summed E-state index contributed by atoms with van der Waals surface area (Å²) >= 11 is 0. The summed E-state index contributed by atoms with van der Waals surface area (Å²) in [5.74, 6) is 2.56. The van der Waals surface area contributed by atoms with Crippen molar-refractivity contribution >= 4 is 9.84 Å². The maximum absolute atomic E-state index is 11.6. The lowest BCUT2D eigenvalue weighted by Gasteiger charge is -2.40. The highest BCUT2D eigenvalue weighted by Crippen LogP contribution is 2.40. The van der Waals surface area contributed by atoms with Gasteiger partial charge >= 0.3 is 0 Å². The molecule has 0 bridgehead atoms. The zero-order valence-electron chi connectivity index (χ0n) is 18.6. The van der Waals surface area contributed by atoms with Gasteiger partial charge in [-0.15, -0.1) is 0 Å². The highest BCUT2D eigenvalue weighted by molar-refractivity contribution is 7.91. The van der Waals surface area contributed by atoms with Crippen LogP contribution in [-0.2, 0) is 9.84 Å². The second-order valence-corrected chi connectivity index (χ2v) is 10.3. The second-order valence-electron chi connectivity index (χ2n) is 8.05. The average molecular weight is 459 g/mol. The smallest absolute Gasteiger partial charge is 0.203 e. The van der Waals surface area contributed by atoms with Gasteiger partial charge in [-0.1, -0.05) is 0 Å². The molecule has 2 fully saturated rings. The van der Waals surface area contributed by atoms with E-state index in [4.69, 9.17) is 18.9 Å². The van der Waals surface area contributed by atoms with Crippen LogP contribution in [0, 0.1) is 0 Å². The maximum atomic E-state index is 11.6. The van der Waals surface area contributed by atoms with E-state index in [1.807, 2.05) is 0 Å². The third kappa shape index (κ3) is 6.38. The van der Waals surface area contributed by atoms with Crippen molar-refractivity contribution in [3.8, 4) is 23.0 Å². The van der Waals surface area contributed by atoms with Gasteiger partial charge in [-0.05, 0) is 25.9 Å². The van der Waals surface area contributed by atoms with Crippen LogP contribution in [0.25, 0.3) is 0 Å². The molecule has 2 saturated heterocycles. The minimum absolute atomic E-state index is 0.155. The van der Waals surface area contributed by atoms with Crippen molar-refractivity contribution < 1.29 is 32.5 Å². The SMILES string of the molecule is COc1cc(OCC(O)CN2CCC(N3CCS(=O)(=O)CC3)CC2)cc(OC)c1OC. The number of piperidine rings is 1. The first kappa shape index (κ1) is 23.9. The Balaban J connectivity index is 1.44. The molecule has 1 N–H and O–H groups in total.